The molecule has 102 valence electrons. The van der Waals surface area contributed by atoms with E-state index in [2.05, 4.69) is 30.3 Å². The summed E-state index contributed by atoms with van der Waals surface area (Å²) in [6.07, 6.45) is 5.55. The van der Waals surface area contributed by atoms with Crippen LogP contribution in [-0.4, -0.2) is 11.6 Å². The van der Waals surface area contributed by atoms with Gasteiger partial charge in [-0.15, -0.1) is 11.3 Å². The van der Waals surface area contributed by atoms with Crippen LogP contribution < -0.4 is 10.5 Å². The van der Waals surface area contributed by atoms with E-state index in [4.69, 9.17) is 10.5 Å². The largest absolute Gasteiger partial charge is 0.492 e. The van der Waals surface area contributed by atoms with Gasteiger partial charge in [0, 0.05) is 11.1 Å². The van der Waals surface area contributed by atoms with Crippen molar-refractivity contribution in [3.63, 3.8) is 0 Å². The summed E-state index contributed by atoms with van der Waals surface area (Å²) in [5.41, 5.74) is 8.67. The minimum absolute atomic E-state index is 0.118. The highest BCUT2D eigenvalue weighted by molar-refractivity contribution is 7.10. The van der Waals surface area contributed by atoms with Gasteiger partial charge >= 0.3 is 0 Å². The van der Waals surface area contributed by atoms with Crippen LogP contribution in [0.5, 0.6) is 5.75 Å². The van der Waals surface area contributed by atoms with Gasteiger partial charge in [0.15, 0.2) is 0 Å². The van der Waals surface area contributed by atoms with Gasteiger partial charge < -0.3 is 10.5 Å². The molecule has 0 spiro atoms. The van der Waals surface area contributed by atoms with Crippen LogP contribution in [-0.2, 0) is 6.42 Å². The fourth-order valence-electron chi connectivity index (χ4n) is 1.97. The second-order valence-corrected chi connectivity index (χ2v) is 5.39. The number of aryl methyl sites for hydroxylation is 1. The third kappa shape index (κ3) is 3.33. The fourth-order valence-corrected chi connectivity index (χ4v) is 2.99. The monoisotopic (exact) mass is 276 g/mol. The van der Waals surface area contributed by atoms with E-state index in [0.29, 0.717) is 6.61 Å². The highest BCUT2D eigenvalue weighted by atomic mass is 32.1. The normalized spacial score (nSPS) is 12.4. The zero-order valence-corrected chi connectivity index (χ0v) is 12.2. The van der Waals surface area contributed by atoms with Gasteiger partial charge in [0.05, 0.1) is 18.8 Å². The van der Waals surface area contributed by atoms with Gasteiger partial charge in [-0.25, -0.2) is 0 Å². The molecule has 2 aromatic heterocycles. The first-order valence-electron chi connectivity index (χ1n) is 6.65. The molecule has 3 nitrogen and oxygen atoms in total. The van der Waals surface area contributed by atoms with Crippen molar-refractivity contribution in [2.75, 3.05) is 6.61 Å². The lowest BCUT2D eigenvalue weighted by atomic mass is 10.0. The maximum absolute atomic E-state index is 6.35. The first-order chi connectivity index (χ1) is 9.26. The maximum Gasteiger partial charge on any atom is 0.137 e. The van der Waals surface area contributed by atoms with Crippen molar-refractivity contribution in [1.29, 1.82) is 0 Å². The molecule has 0 saturated heterocycles. The Balaban J connectivity index is 2.21. The van der Waals surface area contributed by atoms with E-state index in [1.807, 2.05) is 12.3 Å². The molecule has 2 heterocycles. The predicted molar refractivity (Wildman–Crippen MR) is 79.8 cm³/mol. The summed E-state index contributed by atoms with van der Waals surface area (Å²) in [6, 6.07) is 4.02. The van der Waals surface area contributed by atoms with E-state index in [9.17, 15) is 0 Å². The molecular formula is C15H20N2OS. The van der Waals surface area contributed by atoms with Crippen LogP contribution in [0.2, 0.25) is 0 Å². The number of pyridine rings is 1. The topological polar surface area (TPSA) is 48.1 Å². The minimum atomic E-state index is -0.118. The Kier molecular flexibility index (Phi) is 4.93. The Labute approximate surface area is 118 Å². The molecule has 0 saturated carbocycles. The van der Waals surface area contributed by atoms with Crippen molar-refractivity contribution < 1.29 is 4.74 Å². The molecule has 1 atom stereocenters. The predicted octanol–water partition coefficient (Wildman–Crippen LogP) is 3.54. The average molecular weight is 276 g/mol. The van der Waals surface area contributed by atoms with E-state index in [1.54, 1.807) is 17.5 Å². The molecule has 2 N–H and O–H groups in total. The molecule has 0 aliphatic heterocycles. The third-order valence-electron chi connectivity index (χ3n) is 3.01. The Morgan fingerprint density at radius 2 is 2.21 bits per heavy atom. The minimum Gasteiger partial charge on any atom is -0.492 e. The molecule has 0 aromatic carbocycles. The van der Waals surface area contributed by atoms with Crippen LogP contribution in [0.25, 0.3) is 0 Å². The van der Waals surface area contributed by atoms with Gasteiger partial charge in [-0.05, 0) is 41.5 Å². The van der Waals surface area contributed by atoms with Crippen LogP contribution in [0.1, 0.15) is 42.3 Å². The fraction of sp³-hybridized carbons (Fsp3) is 0.400. The quantitative estimate of drug-likeness (QED) is 0.878. The molecule has 0 aliphatic carbocycles. The molecule has 19 heavy (non-hydrogen) atoms. The van der Waals surface area contributed by atoms with Gasteiger partial charge in [-0.1, -0.05) is 13.8 Å². The number of rotatable bonds is 6. The highest BCUT2D eigenvalue weighted by Gasteiger charge is 2.15. The highest BCUT2D eigenvalue weighted by Crippen LogP contribution is 2.29. The Morgan fingerprint density at radius 1 is 1.37 bits per heavy atom. The molecular weight excluding hydrogens is 256 g/mol. The lowest BCUT2D eigenvalue weighted by Crippen LogP contribution is -2.12. The Morgan fingerprint density at radius 3 is 2.95 bits per heavy atom. The van der Waals surface area contributed by atoms with Gasteiger partial charge in [0.1, 0.15) is 5.75 Å². The number of thiophene rings is 1. The molecule has 0 bridgehead atoms. The summed E-state index contributed by atoms with van der Waals surface area (Å²) in [5.74, 6) is 0.796. The zero-order chi connectivity index (χ0) is 13.7. The summed E-state index contributed by atoms with van der Waals surface area (Å²) in [6.45, 7) is 4.94. The summed E-state index contributed by atoms with van der Waals surface area (Å²) < 4.78 is 5.61. The zero-order valence-electron chi connectivity index (χ0n) is 11.4. The van der Waals surface area contributed by atoms with Crippen molar-refractivity contribution in [2.45, 2.75) is 32.7 Å². The number of hydrogen-bond donors (Lipinski definition) is 1. The molecule has 0 aliphatic rings. The summed E-state index contributed by atoms with van der Waals surface area (Å²) in [5, 5.41) is 2.10. The van der Waals surface area contributed by atoms with Crippen molar-refractivity contribution >= 4 is 11.3 Å². The number of nitrogens with zero attached hydrogens (tertiary/aromatic N) is 1. The van der Waals surface area contributed by atoms with Crippen LogP contribution in [0.4, 0.5) is 0 Å². The van der Waals surface area contributed by atoms with Crippen LogP contribution in [0.15, 0.2) is 29.9 Å². The molecule has 0 fully saturated rings. The summed E-state index contributed by atoms with van der Waals surface area (Å²) >= 11 is 1.71. The van der Waals surface area contributed by atoms with Gasteiger partial charge in [-0.2, -0.15) is 0 Å². The molecule has 4 heteroatoms. The molecule has 2 aromatic rings. The van der Waals surface area contributed by atoms with Crippen molar-refractivity contribution in [3.8, 4) is 5.75 Å². The number of nitrogens with two attached hydrogens (primary N) is 1. The van der Waals surface area contributed by atoms with Gasteiger partial charge in [0.2, 0.25) is 0 Å². The smallest absolute Gasteiger partial charge is 0.137 e. The molecule has 1 unspecified atom stereocenters. The number of aromatic nitrogens is 1. The first-order valence-corrected chi connectivity index (χ1v) is 7.53. The Bertz CT molecular complexity index is 524. The lowest BCUT2D eigenvalue weighted by Gasteiger charge is -2.13. The molecule has 0 amide bonds. The molecule has 2 rings (SSSR count). The number of ether oxygens (including phenoxy) is 1. The standard InChI is InChI=1S/C15H20N2OS/c1-3-6-18-13-8-12(9-17-10-13)14(16)15-11(4-2)5-7-19-15/h5,7-10,14H,3-4,6,16H2,1-2H3. The van der Waals surface area contributed by atoms with Gasteiger partial charge in [0.25, 0.3) is 0 Å². The van der Waals surface area contributed by atoms with E-state index in [0.717, 1.165) is 24.2 Å². The second-order valence-electron chi connectivity index (χ2n) is 4.44. The SMILES string of the molecule is CCCOc1cncc(C(N)c2sccc2CC)c1. The van der Waals surface area contributed by atoms with Crippen LogP contribution >= 0.6 is 11.3 Å². The second kappa shape index (κ2) is 6.68. The molecule has 0 radical (unpaired) electrons. The number of hydrogen-bond acceptors (Lipinski definition) is 4. The van der Waals surface area contributed by atoms with Crippen molar-refractivity contribution in [3.05, 3.63) is 45.9 Å². The summed E-state index contributed by atoms with van der Waals surface area (Å²) in [4.78, 5) is 5.44. The summed E-state index contributed by atoms with van der Waals surface area (Å²) in [7, 11) is 0. The van der Waals surface area contributed by atoms with E-state index < -0.39 is 0 Å². The van der Waals surface area contributed by atoms with Gasteiger partial charge in [-0.3, -0.25) is 4.98 Å². The maximum atomic E-state index is 6.35. The van der Waals surface area contributed by atoms with E-state index in [-0.39, 0.29) is 6.04 Å². The lowest BCUT2D eigenvalue weighted by molar-refractivity contribution is 0.315. The average Bonchev–Trinajstić information content (AvgIpc) is 2.93. The van der Waals surface area contributed by atoms with E-state index >= 15 is 0 Å². The Hall–Kier alpha value is -1.39. The van der Waals surface area contributed by atoms with E-state index in [1.165, 1.54) is 10.4 Å². The third-order valence-corrected chi connectivity index (χ3v) is 4.05. The van der Waals surface area contributed by atoms with Crippen molar-refractivity contribution in [1.82, 2.24) is 4.98 Å². The van der Waals surface area contributed by atoms with Crippen LogP contribution in [0, 0.1) is 0 Å². The van der Waals surface area contributed by atoms with Crippen molar-refractivity contribution in [2.24, 2.45) is 5.73 Å². The van der Waals surface area contributed by atoms with Crippen LogP contribution in [0.3, 0.4) is 0 Å². The first kappa shape index (κ1) is 14.0.